The highest BCUT2D eigenvalue weighted by Crippen LogP contribution is 2.45. The summed E-state index contributed by atoms with van der Waals surface area (Å²) in [7, 11) is 4.31. The molecular formula is C21H18N2O7S. The monoisotopic (exact) mass is 442 g/mol. The van der Waals surface area contributed by atoms with Gasteiger partial charge in [-0.2, -0.15) is 0 Å². The fourth-order valence-corrected chi connectivity index (χ4v) is 3.91. The zero-order valence-electron chi connectivity index (χ0n) is 16.8. The van der Waals surface area contributed by atoms with Crippen LogP contribution >= 0.6 is 12.2 Å². The summed E-state index contributed by atoms with van der Waals surface area (Å²) >= 11 is 5.27. The second kappa shape index (κ2) is 7.80. The van der Waals surface area contributed by atoms with Crippen molar-refractivity contribution in [2.24, 2.45) is 0 Å². The summed E-state index contributed by atoms with van der Waals surface area (Å²) in [6.07, 6.45) is -1.18. The Morgan fingerprint density at radius 2 is 1.74 bits per heavy atom. The van der Waals surface area contributed by atoms with E-state index in [1.165, 1.54) is 25.9 Å². The van der Waals surface area contributed by atoms with Crippen molar-refractivity contribution in [3.8, 4) is 28.8 Å². The molecule has 1 atom stereocenters. The van der Waals surface area contributed by atoms with E-state index in [1.807, 2.05) is 0 Å². The fourth-order valence-electron chi connectivity index (χ4n) is 3.63. The molecule has 1 aliphatic heterocycles. The third-order valence-corrected chi connectivity index (χ3v) is 5.28. The third-order valence-electron chi connectivity index (χ3n) is 5.00. The average molecular weight is 442 g/mol. The molecule has 0 radical (unpaired) electrons. The normalized spacial score (nSPS) is 14.7. The smallest absolute Gasteiger partial charge is 0.343 e. The first-order chi connectivity index (χ1) is 14.9. The second-order valence-corrected chi connectivity index (χ2v) is 6.94. The van der Waals surface area contributed by atoms with Crippen LogP contribution in [-0.2, 0) is 4.74 Å². The summed E-state index contributed by atoms with van der Waals surface area (Å²) < 4.78 is 22.6. The second-order valence-electron chi connectivity index (χ2n) is 6.55. The number of H-pyrrole nitrogens is 1. The van der Waals surface area contributed by atoms with Crippen molar-refractivity contribution in [3.05, 3.63) is 68.2 Å². The molecule has 1 aliphatic rings. The number of benzene rings is 2. The Morgan fingerprint density at radius 3 is 2.42 bits per heavy atom. The van der Waals surface area contributed by atoms with Gasteiger partial charge in [-0.3, -0.25) is 14.3 Å². The van der Waals surface area contributed by atoms with E-state index in [1.54, 1.807) is 36.4 Å². The predicted molar refractivity (Wildman–Crippen MR) is 112 cm³/mol. The van der Waals surface area contributed by atoms with Crippen molar-refractivity contribution in [1.82, 2.24) is 9.55 Å². The molecule has 2 aromatic carbocycles. The molecule has 4 rings (SSSR count). The molecule has 0 unspecified atom stereocenters. The average Bonchev–Trinajstić information content (AvgIpc) is 3.09. The van der Waals surface area contributed by atoms with Gasteiger partial charge in [0.2, 0.25) is 5.88 Å². The molecule has 0 saturated carbocycles. The quantitative estimate of drug-likeness (QED) is 0.458. The maximum absolute atomic E-state index is 12.8. The fraction of sp³-hybridized carbons (Fsp3) is 0.190. The first-order valence-electron chi connectivity index (χ1n) is 9.10. The molecule has 10 heteroatoms. The lowest BCUT2D eigenvalue weighted by Crippen LogP contribution is -2.22. The molecule has 1 aromatic heterocycles. The van der Waals surface area contributed by atoms with Crippen molar-refractivity contribution in [3.63, 3.8) is 0 Å². The number of carbonyl (C=O) groups excluding carboxylic acids is 1. The number of nitrogens with zero attached hydrogens (tertiary/aromatic N) is 1. The van der Waals surface area contributed by atoms with Gasteiger partial charge in [-0.15, -0.1) is 0 Å². The van der Waals surface area contributed by atoms with Gasteiger partial charge >= 0.3 is 5.97 Å². The highest BCUT2D eigenvalue weighted by Gasteiger charge is 2.40. The first-order valence-corrected chi connectivity index (χ1v) is 9.51. The van der Waals surface area contributed by atoms with Gasteiger partial charge in [0.25, 0.3) is 5.56 Å². The number of esters is 1. The summed E-state index contributed by atoms with van der Waals surface area (Å²) in [6.45, 7) is 0. The van der Waals surface area contributed by atoms with Crippen LogP contribution in [-0.4, -0.2) is 42.0 Å². The molecule has 0 fully saturated rings. The van der Waals surface area contributed by atoms with Crippen molar-refractivity contribution >= 4 is 18.2 Å². The molecule has 0 saturated heterocycles. The molecule has 9 nitrogen and oxygen atoms in total. The molecular weight excluding hydrogens is 424 g/mol. The standard InChI is InChI=1S/C21H18N2O7S/c1-27-12-7-5-4-6-11(12)23-19(25)15(18(24)22-21(23)31)16-10-8-9-13(28-2)17(29-3)14(10)20(26)30-16/h4-9,16,25H,1-3H3,(H,22,24,31)/t16-/m0/s1. The van der Waals surface area contributed by atoms with E-state index in [-0.39, 0.29) is 21.6 Å². The molecule has 160 valence electrons. The molecule has 31 heavy (non-hydrogen) atoms. The zero-order valence-corrected chi connectivity index (χ0v) is 17.6. The molecule has 2 heterocycles. The van der Waals surface area contributed by atoms with Crippen LogP contribution in [0, 0.1) is 4.77 Å². The molecule has 0 bridgehead atoms. The number of aromatic amines is 1. The number of ether oxygens (including phenoxy) is 4. The number of methoxy groups -OCH3 is 3. The maximum Gasteiger partial charge on any atom is 0.343 e. The Bertz CT molecular complexity index is 1310. The lowest BCUT2D eigenvalue weighted by Gasteiger charge is -2.18. The maximum atomic E-state index is 12.8. The minimum atomic E-state index is -1.18. The van der Waals surface area contributed by atoms with E-state index >= 15 is 0 Å². The summed E-state index contributed by atoms with van der Waals surface area (Å²) in [5, 5.41) is 11.1. The Kier molecular flexibility index (Phi) is 5.15. The van der Waals surface area contributed by atoms with Crippen LogP contribution in [0.4, 0.5) is 0 Å². The van der Waals surface area contributed by atoms with Crippen LogP contribution in [0.15, 0.2) is 41.2 Å². The largest absolute Gasteiger partial charge is 0.495 e. The van der Waals surface area contributed by atoms with Gasteiger partial charge in [-0.05, 0) is 30.4 Å². The number of aromatic hydroxyl groups is 1. The van der Waals surface area contributed by atoms with Gasteiger partial charge in [-0.1, -0.05) is 18.2 Å². The topological polar surface area (TPSA) is 112 Å². The van der Waals surface area contributed by atoms with Crippen molar-refractivity contribution < 1.29 is 28.8 Å². The van der Waals surface area contributed by atoms with Gasteiger partial charge in [0.1, 0.15) is 16.9 Å². The molecule has 0 spiro atoms. The Labute approximate surface area is 181 Å². The highest BCUT2D eigenvalue weighted by molar-refractivity contribution is 7.71. The number of hydrogen-bond donors (Lipinski definition) is 2. The number of cyclic esters (lactones) is 1. The summed E-state index contributed by atoms with van der Waals surface area (Å²) in [5.74, 6) is -0.246. The van der Waals surface area contributed by atoms with Gasteiger partial charge in [-0.25, -0.2) is 4.79 Å². The van der Waals surface area contributed by atoms with E-state index < -0.39 is 23.5 Å². The van der Waals surface area contributed by atoms with E-state index in [2.05, 4.69) is 4.98 Å². The number of nitrogens with one attached hydrogen (secondary N) is 1. The number of rotatable bonds is 5. The predicted octanol–water partition coefficient (Wildman–Crippen LogP) is 2.89. The lowest BCUT2D eigenvalue weighted by atomic mass is 9.99. The van der Waals surface area contributed by atoms with Crippen molar-refractivity contribution in [2.45, 2.75) is 6.10 Å². The lowest BCUT2D eigenvalue weighted by molar-refractivity contribution is 0.0447. The zero-order chi connectivity index (χ0) is 22.3. The highest BCUT2D eigenvalue weighted by atomic mass is 32.1. The summed E-state index contributed by atoms with van der Waals surface area (Å²) in [4.78, 5) is 28.0. The van der Waals surface area contributed by atoms with E-state index in [9.17, 15) is 14.7 Å². The Morgan fingerprint density at radius 1 is 1.03 bits per heavy atom. The minimum Gasteiger partial charge on any atom is -0.495 e. The summed E-state index contributed by atoms with van der Waals surface area (Å²) in [5.41, 5.74) is 0.0128. The number of fused-ring (bicyclic) bond motifs is 1. The number of para-hydroxylation sites is 2. The number of aromatic nitrogens is 2. The van der Waals surface area contributed by atoms with Crippen LogP contribution in [0.1, 0.15) is 27.6 Å². The number of hydrogen-bond acceptors (Lipinski definition) is 8. The van der Waals surface area contributed by atoms with Gasteiger partial charge in [0, 0.05) is 5.56 Å². The van der Waals surface area contributed by atoms with Crippen LogP contribution in [0.25, 0.3) is 5.69 Å². The third kappa shape index (κ3) is 3.12. The molecule has 0 amide bonds. The van der Waals surface area contributed by atoms with Crippen LogP contribution in [0.2, 0.25) is 0 Å². The van der Waals surface area contributed by atoms with Crippen LogP contribution in [0.3, 0.4) is 0 Å². The van der Waals surface area contributed by atoms with Crippen LogP contribution in [0.5, 0.6) is 23.1 Å². The molecule has 2 N–H and O–H groups in total. The van der Waals surface area contributed by atoms with Crippen LogP contribution < -0.4 is 19.8 Å². The SMILES string of the molecule is COc1ccccc1-n1c(O)c([C@H]2OC(=O)c3c2ccc(OC)c3OC)c(=O)[nH]c1=S. The van der Waals surface area contributed by atoms with E-state index in [0.717, 1.165) is 0 Å². The van der Waals surface area contributed by atoms with Gasteiger partial charge in [0.15, 0.2) is 22.4 Å². The van der Waals surface area contributed by atoms with E-state index in [4.69, 9.17) is 31.2 Å². The Balaban J connectivity index is 1.98. The Hall–Kier alpha value is -3.79. The first kappa shape index (κ1) is 20.5. The number of carbonyl (C=O) groups is 1. The minimum absolute atomic E-state index is 0.0485. The van der Waals surface area contributed by atoms with Crippen molar-refractivity contribution in [2.75, 3.05) is 21.3 Å². The van der Waals surface area contributed by atoms with Gasteiger partial charge in [0.05, 0.1) is 27.0 Å². The molecule has 0 aliphatic carbocycles. The summed E-state index contributed by atoms with van der Waals surface area (Å²) in [6, 6.07) is 10.0. The van der Waals surface area contributed by atoms with Crippen molar-refractivity contribution in [1.29, 1.82) is 0 Å². The van der Waals surface area contributed by atoms with Gasteiger partial charge < -0.3 is 24.1 Å². The van der Waals surface area contributed by atoms with E-state index in [0.29, 0.717) is 22.7 Å². The molecule has 3 aromatic rings.